The number of hydrogen-bond donors (Lipinski definition) is 4. The molecule has 0 aliphatic carbocycles. The molecule has 2 aromatic carbocycles. The van der Waals surface area contributed by atoms with Gasteiger partial charge in [-0.2, -0.15) is 0 Å². The Hall–Kier alpha value is -2.83. The van der Waals surface area contributed by atoms with E-state index in [0.29, 0.717) is 16.1 Å². The maximum Gasteiger partial charge on any atom is 0.281 e. The number of halogens is 1. The van der Waals surface area contributed by atoms with Crippen LogP contribution in [0.2, 0.25) is 5.02 Å². The molecule has 2 rings (SSSR count). The van der Waals surface area contributed by atoms with Crippen molar-refractivity contribution < 1.29 is 14.7 Å². The van der Waals surface area contributed by atoms with Gasteiger partial charge >= 0.3 is 0 Å². The van der Waals surface area contributed by atoms with Crippen molar-refractivity contribution in [3.8, 4) is 5.75 Å². The van der Waals surface area contributed by atoms with E-state index in [1.54, 1.807) is 24.3 Å². The molecule has 0 aromatic heterocycles. The molecule has 5 N–H and O–H groups in total. The Morgan fingerprint density at radius 2 is 1.65 bits per heavy atom. The van der Waals surface area contributed by atoms with E-state index in [1.807, 2.05) is 5.43 Å². The molecule has 0 fully saturated rings. The number of hydrazine groups is 1. The van der Waals surface area contributed by atoms with Gasteiger partial charge < -0.3 is 10.4 Å². The molecule has 0 aliphatic heterocycles. The van der Waals surface area contributed by atoms with Crippen molar-refractivity contribution in [2.45, 2.75) is 0 Å². The summed E-state index contributed by atoms with van der Waals surface area (Å²) in [4.78, 5) is 24.0. The number of hydrogen-bond acceptors (Lipinski definition) is 4. The van der Waals surface area contributed by atoms with Gasteiger partial charge in [0.15, 0.2) is 0 Å². The highest BCUT2D eigenvalue weighted by Crippen LogP contribution is 2.13. The minimum absolute atomic E-state index is 0.0295. The van der Waals surface area contributed by atoms with Crippen molar-refractivity contribution in [2.24, 2.45) is 5.84 Å². The summed E-state index contributed by atoms with van der Waals surface area (Å²) in [6, 6.07) is 12.3. The lowest BCUT2D eigenvalue weighted by atomic mass is 10.1. The number of aromatic hydroxyl groups is 1. The number of benzene rings is 2. The fourth-order valence-corrected chi connectivity index (χ4v) is 1.90. The minimum atomic E-state index is -0.652. The van der Waals surface area contributed by atoms with Gasteiger partial charge in [-0.3, -0.25) is 15.0 Å². The zero-order chi connectivity index (χ0) is 16.8. The average Bonchev–Trinajstić information content (AvgIpc) is 2.56. The van der Waals surface area contributed by atoms with Crippen molar-refractivity contribution in [3.63, 3.8) is 0 Å². The molecule has 7 heteroatoms. The van der Waals surface area contributed by atoms with Crippen LogP contribution in [0.3, 0.4) is 0 Å². The molecule has 2 amide bonds. The summed E-state index contributed by atoms with van der Waals surface area (Å²) in [5, 5.41) is 12.3. The van der Waals surface area contributed by atoms with E-state index in [1.165, 1.54) is 30.3 Å². The van der Waals surface area contributed by atoms with Crippen molar-refractivity contribution in [1.29, 1.82) is 0 Å². The second-order valence-electron chi connectivity index (χ2n) is 4.58. The molecule has 0 saturated heterocycles. The lowest BCUT2D eigenvalue weighted by Crippen LogP contribution is -2.38. The van der Waals surface area contributed by atoms with E-state index in [2.05, 4.69) is 5.32 Å². The second-order valence-corrected chi connectivity index (χ2v) is 5.02. The molecule has 0 bridgehead atoms. The van der Waals surface area contributed by atoms with E-state index < -0.39 is 11.8 Å². The van der Waals surface area contributed by atoms with Crippen LogP contribution >= 0.6 is 11.6 Å². The minimum Gasteiger partial charge on any atom is -0.508 e. The van der Waals surface area contributed by atoms with E-state index in [4.69, 9.17) is 17.4 Å². The first-order valence-electron chi connectivity index (χ1n) is 6.58. The van der Waals surface area contributed by atoms with Gasteiger partial charge in [-0.05, 0) is 48.0 Å². The number of phenolic OH excluding ortho intramolecular Hbond substituents is 1. The molecule has 0 saturated carbocycles. The van der Waals surface area contributed by atoms with Gasteiger partial charge in [0.2, 0.25) is 0 Å². The molecule has 0 spiro atoms. The standard InChI is InChI=1S/C16H14ClN3O3/c17-12-5-3-11(4-6-12)15(22)19-14(16(23)20-18)9-10-1-7-13(21)8-2-10/h1-9,21H,18H2,(H,19,22)(H,20,23)/b14-9+. The normalized spacial score (nSPS) is 11.0. The first kappa shape index (κ1) is 16.5. The Labute approximate surface area is 137 Å². The Morgan fingerprint density at radius 1 is 1.04 bits per heavy atom. The summed E-state index contributed by atoms with van der Waals surface area (Å²) in [5.41, 5.74) is 2.89. The number of carbonyl (C=O) groups excluding carboxylic acids is 2. The lowest BCUT2D eigenvalue weighted by molar-refractivity contribution is -0.117. The molecule has 23 heavy (non-hydrogen) atoms. The molecule has 2 aromatic rings. The summed E-state index contributed by atoms with van der Waals surface area (Å²) in [7, 11) is 0. The van der Waals surface area contributed by atoms with E-state index >= 15 is 0 Å². The molecule has 0 atom stereocenters. The highest BCUT2D eigenvalue weighted by Gasteiger charge is 2.13. The second kappa shape index (κ2) is 7.44. The number of nitrogens with one attached hydrogen (secondary N) is 2. The van der Waals surface area contributed by atoms with Crippen molar-refractivity contribution in [2.75, 3.05) is 0 Å². The average molecular weight is 332 g/mol. The highest BCUT2D eigenvalue weighted by atomic mass is 35.5. The molecule has 0 unspecified atom stereocenters. The van der Waals surface area contributed by atoms with Gasteiger partial charge in [0, 0.05) is 10.6 Å². The Kier molecular flexibility index (Phi) is 5.35. The molecule has 0 aliphatic rings. The van der Waals surface area contributed by atoms with Gasteiger partial charge in [-0.25, -0.2) is 5.84 Å². The van der Waals surface area contributed by atoms with Crippen LogP contribution in [0.25, 0.3) is 6.08 Å². The van der Waals surface area contributed by atoms with Crippen molar-refractivity contribution >= 4 is 29.5 Å². The van der Waals surface area contributed by atoms with Gasteiger partial charge in [0.05, 0.1) is 0 Å². The van der Waals surface area contributed by atoms with Crippen LogP contribution in [0, 0.1) is 0 Å². The van der Waals surface area contributed by atoms with Gasteiger partial charge in [0.1, 0.15) is 11.4 Å². The SMILES string of the molecule is NNC(=O)/C(=C\c1ccc(O)cc1)NC(=O)c1ccc(Cl)cc1. The maximum atomic E-state index is 12.2. The van der Waals surface area contributed by atoms with Gasteiger partial charge in [-0.15, -0.1) is 0 Å². The number of nitrogens with two attached hydrogens (primary N) is 1. The quantitative estimate of drug-likeness (QED) is 0.297. The van der Waals surface area contributed by atoms with Crippen LogP contribution in [0.1, 0.15) is 15.9 Å². The zero-order valence-electron chi connectivity index (χ0n) is 11.9. The maximum absolute atomic E-state index is 12.2. The van der Waals surface area contributed by atoms with E-state index in [-0.39, 0.29) is 11.4 Å². The van der Waals surface area contributed by atoms with E-state index in [0.717, 1.165) is 0 Å². The number of carbonyl (C=O) groups is 2. The topological polar surface area (TPSA) is 104 Å². The molecule has 118 valence electrons. The van der Waals surface area contributed by atoms with E-state index in [9.17, 15) is 14.7 Å². The van der Waals surface area contributed by atoms with Crippen molar-refractivity contribution in [3.05, 3.63) is 70.4 Å². The highest BCUT2D eigenvalue weighted by molar-refractivity contribution is 6.30. The Bertz CT molecular complexity index is 740. The summed E-state index contributed by atoms with van der Waals surface area (Å²) in [6.07, 6.45) is 1.44. The smallest absolute Gasteiger partial charge is 0.281 e. The molecular weight excluding hydrogens is 318 g/mol. The summed E-state index contributed by atoms with van der Waals surface area (Å²) >= 11 is 5.77. The van der Waals surface area contributed by atoms with Crippen LogP contribution < -0.4 is 16.6 Å². The lowest BCUT2D eigenvalue weighted by Gasteiger charge is -2.09. The predicted octanol–water partition coefficient (Wildman–Crippen LogP) is 1.81. The third kappa shape index (κ3) is 4.57. The number of amides is 2. The Morgan fingerprint density at radius 3 is 2.22 bits per heavy atom. The third-order valence-corrected chi connectivity index (χ3v) is 3.19. The van der Waals surface area contributed by atoms with Gasteiger partial charge in [0.25, 0.3) is 11.8 Å². The van der Waals surface area contributed by atoms with Crippen LogP contribution in [0.5, 0.6) is 5.75 Å². The fraction of sp³-hybridized carbons (Fsp3) is 0. The summed E-state index contributed by atoms with van der Waals surface area (Å²) in [6.45, 7) is 0. The van der Waals surface area contributed by atoms with Crippen LogP contribution in [-0.4, -0.2) is 16.9 Å². The number of phenols is 1. The fourth-order valence-electron chi connectivity index (χ4n) is 1.77. The predicted molar refractivity (Wildman–Crippen MR) is 87.3 cm³/mol. The first-order chi connectivity index (χ1) is 11.0. The van der Waals surface area contributed by atoms with Crippen LogP contribution in [0.4, 0.5) is 0 Å². The largest absolute Gasteiger partial charge is 0.508 e. The summed E-state index contributed by atoms with van der Waals surface area (Å²) < 4.78 is 0. The first-order valence-corrected chi connectivity index (χ1v) is 6.96. The monoisotopic (exact) mass is 331 g/mol. The summed E-state index contributed by atoms with van der Waals surface area (Å²) in [5.74, 6) is 4.10. The van der Waals surface area contributed by atoms with Gasteiger partial charge in [-0.1, -0.05) is 23.7 Å². The molecule has 6 nitrogen and oxygen atoms in total. The Balaban J connectivity index is 2.25. The van der Waals surface area contributed by atoms with Crippen LogP contribution in [-0.2, 0) is 4.79 Å². The number of rotatable bonds is 4. The zero-order valence-corrected chi connectivity index (χ0v) is 12.7. The third-order valence-electron chi connectivity index (χ3n) is 2.93. The van der Waals surface area contributed by atoms with Crippen molar-refractivity contribution in [1.82, 2.24) is 10.7 Å². The molecule has 0 radical (unpaired) electrons. The molecular formula is C16H14ClN3O3. The van der Waals surface area contributed by atoms with Crippen LogP contribution in [0.15, 0.2) is 54.2 Å². The molecule has 0 heterocycles.